The molecular weight excluding hydrogens is 619 g/mol. The van der Waals surface area contributed by atoms with E-state index in [1.54, 1.807) is 0 Å². The lowest BCUT2D eigenvalue weighted by molar-refractivity contribution is 1.24. The molecule has 0 atom stereocenters. The van der Waals surface area contributed by atoms with E-state index in [0.29, 0.717) is 0 Å². The van der Waals surface area contributed by atoms with Crippen LogP contribution in [0.3, 0.4) is 0 Å². The fourth-order valence-corrected chi connectivity index (χ4v) is 8.52. The third-order valence-corrected chi connectivity index (χ3v) is 10.4. The number of fused-ring (bicyclic) bond motifs is 6. The van der Waals surface area contributed by atoms with Crippen LogP contribution in [0.15, 0.2) is 140 Å². The minimum Gasteiger partial charge on any atom is -0.310 e. The van der Waals surface area contributed by atoms with Crippen LogP contribution in [-0.4, -0.2) is 4.40 Å². The smallest absolute Gasteiger partial charge is 0.0622 e. The minimum absolute atomic E-state index is 1.17. The van der Waals surface area contributed by atoms with Gasteiger partial charge in [0.05, 0.1) is 27.9 Å². The molecule has 0 amide bonds. The normalized spacial score (nSPS) is 11.7. The maximum atomic E-state index is 2.51. The van der Waals surface area contributed by atoms with Crippen molar-refractivity contribution in [1.82, 2.24) is 4.40 Å². The summed E-state index contributed by atoms with van der Waals surface area (Å²) in [5, 5.41) is 5.05. The van der Waals surface area contributed by atoms with Crippen molar-refractivity contribution in [3.8, 4) is 0 Å². The molecule has 0 spiro atoms. The Balaban J connectivity index is 1.38. The van der Waals surface area contributed by atoms with Crippen molar-refractivity contribution in [3.05, 3.63) is 173 Å². The number of nitrogens with zero attached hydrogens (tertiary/aromatic N) is 3. The molecule has 3 nitrogen and oxygen atoms in total. The van der Waals surface area contributed by atoms with E-state index in [4.69, 9.17) is 0 Å². The molecule has 0 saturated carbocycles. The molecule has 7 aromatic carbocycles. The third kappa shape index (κ3) is 4.87. The Morgan fingerprint density at radius 2 is 0.745 bits per heavy atom. The molecule has 3 heteroatoms. The lowest BCUT2D eigenvalue weighted by Crippen LogP contribution is -2.12. The van der Waals surface area contributed by atoms with E-state index in [2.05, 4.69) is 195 Å². The van der Waals surface area contributed by atoms with Gasteiger partial charge < -0.3 is 14.2 Å². The molecule has 2 heterocycles. The van der Waals surface area contributed by atoms with E-state index in [1.807, 2.05) is 0 Å². The molecule has 2 aromatic heterocycles. The summed E-state index contributed by atoms with van der Waals surface area (Å²) in [4.78, 5) is 4.93. The SMILES string of the molecule is Cc1cc(C)cc(N(c2ccccc2C)c2cccc3c2c2cccc4c5c(N(c6cc(C)cc(C)c6)c6ccccc6C)cccc5n3c24)c1. The number of rotatable bonds is 6. The van der Waals surface area contributed by atoms with Gasteiger partial charge >= 0.3 is 0 Å². The van der Waals surface area contributed by atoms with Gasteiger partial charge in [-0.15, -0.1) is 0 Å². The first kappa shape index (κ1) is 31.0. The van der Waals surface area contributed by atoms with Gasteiger partial charge in [0.25, 0.3) is 0 Å². The van der Waals surface area contributed by atoms with Crippen LogP contribution in [0.25, 0.3) is 38.1 Å². The second-order valence-corrected chi connectivity index (χ2v) is 14.3. The van der Waals surface area contributed by atoms with Crippen molar-refractivity contribution in [2.24, 2.45) is 0 Å². The highest BCUT2D eigenvalue weighted by Crippen LogP contribution is 2.50. The average molecular weight is 660 g/mol. The van der Waals surface area contributed by atoms with Crippen molar-refractivity contribution in [3.63, 3.8) is 0 Å². The summed E-state index contributed by atoms with van der Waals surface area (Å²) >= 11 is 0. The summed E-state index contributed by atoms with van der Waals surface area (Å²) in [5.74, 6) is 0. The number of hydrogen-bond acceptors (Lipinski definition) is 2. The molecule has 0 bridgehead atoms. The van der Waals surface area contributed by atoms with Gasteiger partial charge in [-0.2, -0.15) is 0 Å². The first-order valence-corrected chi connectivity index (χ1v) is 17.9. The van der Waals surface area contributed by atoms with Crippen LogP contribution in [0.4, 0.5) is 34.1 Å². The van der Waals surface area contributed by atoms with Crippen molar-refractivity contribution in [2.45, 2.75) is 41.5 Å². The maximum absolute atomic E-state index is 2.51. The van der Waals surface area contributed by atoms with Crippen molar-refractivity contribution >= 4 is 72.2 Å². The van der Waals surface area contributed by atoms with Crippen LogP contribution in [0.2, 0.25) is 0 Å². The predicted octanol–water partition coefficient (Wildman–Crippen LogP) is 13.6. The minimum atomic E-state index is 1.17. The Bertz CT molecular complexity index is 2560. The van der Waals surface area contributed by atoms with E-state index >= 15 is 0 Å². The van der Waals surface area contributed by atoms with E-state index in [-0.39, 0.29) is 0 Å². The van der Waals surface area contributed by atoms with E-state index < -0.39 is 0 Å². The zero-order chi connectivity index (χ0) is 35.0. The topological polar surface area (TPSA) is 10.9 Å². The fourth-order valence-electron chi connectivity index (χ4n) is 8.52. The maximum Gasteiger partial charge on any atom is 0.0622 e. The van der Waals surface area contributed by atoms with Gasteiger partial charge in [-0.25, -0.2) is 0 Å². The van der Waals surface area contributed by atoms with E-state index in [9.17, 15) is 0 Å². The molecule has 51 heavy (non-hydrogen) atoms. The highest BCUT2D eigenvalue weighted by Gasteiger charge is 2.26. The highest BCUT2D eigenvalue weighted by molar-refractivity contribution is 6.28. The zero-order valence-corrected chi connectivity index (χ0v) is 30.1. The average Bonchev–Trinajstić information content (AvgIpc) is 3.63. The van der Waals surface area contributed by atoms with Crippen LogP contribution in [-0.2, 0) is 0 Å². The summed E-state index contributed by atoms with van der Waals surface area (Å²) in [5.41, 5.74) is 18.3. The summed E-state index contributed by atoms with van der Waals surface area (Å²) in [6, 6.07) is 51.7. The first-order chi connectivity index (χ1) is 24.8. The van der Waals surface area contributed by atoms with Crippen molar-refractivity contribution in [2.75, 3.05) is 9.80 Å². The Hall–Kier alpha value is -6.06. The number of para-hydroxylation sites is 3. The highest BCUT2D eigenvalue weighted by atomic mass is 15.2. The molecule has 0 unspecified atom stereocenters. The standard InChI is InChI=1S/C48H41N3/c1-30-24-31(2)27-36(26-30)49(40-18-9-7-14-34(40)5)42-20-12-22-44-46(42)38-16-11-17-39-47-43(21-13-23-45(47)51(44)48(38)39)50(41-19-10-8-15-35(41)6)37-28-32(3)25-33(4)29-37/h7-29H,1-6H3. The summed E-state index contributed by atoms with van der Waals surface area (Å²) < 4.78 is 2.51. The lowest BCUT2D eigenvalue weighted by Gasteiger charge is -2.29. The molecule has 0 radical (unpaired) electrons. The Morgan fingerprint density at radius 1 is 0.373 bits per heavy atom. The molecule has 0 N–H and O–H groups in total. The fraction of sp³-hybridized carbons (Fsp3) is 0.125. The van der Waals surface area contributed by atoms with Gasteiger partial charge in [-0.1, -0.05) is 78.9 Å². The first-order valence-electron chi connectivity index (χ1n) is 17.9. The van der Waals surface area contributed by atoms with Gasteiger partial charge in [-0.3, -0.25) is 0 Å². The van der Waals surface area contributed by atoms with Crippen LogP contribution >= 0.6 is 0 Å². The summed E-state index contributed by atoms with van der Waals surface area (Å²) in [7, 11) is 0. The largest absolute Gasteiger partial charge is 0.310 e. The molecule has 0 saturated heterocycles. The number of hydrogen-bond donors (Lipinski definition) is 0. The van der Waals surface area contributed by atoms with Gasteiger partial charge in [-0.05, 0) is 136 Å². The Morgan fingerprint density at radius 3 is 1.16 bits per heavy atom. The van der Waals surface area contributed by atoms with Crippen LogP contribution in [0, 0.1) is 41.5 Å². The number of aromatic nitrogens is 1. The molecule has 0 aliphatic heterocycles. The van der Waals surface area contributed by atoms with Crippen LogP contribution < -0.4 is 9.80 Å². The second-order valence-electron chi connectivity index (χ2n) is 14.3. The summed E-state index contributed by atoms with van der Waals surface area (Å²) in [6.45, 7) is 13.2. The summed E-state index contributed by atoms with van der Waals surface area (Å²) in [6.07, 6.45) is 0. The van der Waals surface area contributed by atoms with E-state index in [1.165, 1.54) is 106 Å². The second kappa shape index (κ2) is 11.8. The molecule has 0 aliphatic carbocycles. The van der Waals surface area contributed by atoms with Gasteiger partial charge in [0.1, 0.15) is 0 Å². The van der Waals surface area contributed by atoms with Crippen molar-refractivity contribution in [1.29, 1.82) is 0 Å². The van der Waals surface area contributed by atoms with Gasteiger partial charge in [0.15, 0.2) is 0 Å². The van der Waals surface area contributed by atoms with Gasteiger partial charge in [0, 0.05) is 44.3 Å². The van der Waals surface area contributed by atoms with Crippen LogP contribution in [0.5, 0.6) is 0 Å². The molecule has 248 valence electrons. The zero-order valence-electron chi connectivity index (χ0n) is 30.1. The van der Waals surface area contributed by atoms with Crippen LogP contribution in [0.1, 0.15) is 33.4 Å². The van der Waals surface area contributed by atoms with Crippen molar-refractivity contribution < 1.29 is 0 Å². The quantitative estimate of drug-likeness (QED) is 0.176. The Kier molecular flexibility index (Phi) is 7.15. The number of benzene rings is 7. The predicted molar refractivity (Wildman–Crippen MR) is 219 cm³/mol. The monoisotopic (exact) mass is 659 g/mol. The molecular formula is C48H41N3. The Labute approximate surface area is 300 Å². The lowest BCUT2D eigenvalue weighted by atomic mass is 10.0. The number of anilines is 6. The number of aryl methyl sites for hydroxylation is 6. The molecule has 0 aliphatic rings. The molecule has 9 rings (SSSR count). The van der Waals surface area contributed by atoms with E-state index in [0.717, 1.165) is 0 Å². The molecule has 0 fully saturated rings. The van der Waals surface area contributed by atoms with Gasteiger partial charge in [0.2, 0.25) is 0 Å². The molecule has 9 aromatic rings. The third-order valence-electron chi connectivity index (χ3n) is 10.4.